The lowest BCUT2D eigenvalue weighted by Crippen LogP contribution is -2.13. The van der Waals surface area contributed by atoms with Crippen LogP contribution in [-0.4, -0.2) is 9.78 Å². The van der Waals surface area contributed by atoms with Crippen molar-refractivity contribution in [1.82, 2.24) is 9.78 Å². The molecule has 2 rings (SSSR count). The van der Waals surface area contributed by atoms with E-state index < -0.39 is 35.0 Å². The molecule has 0 radical (unpaired) electrons. The Bertz CT molecular complexity index is 668. The molecule has 0 aliphatic rings. The molecular formula is C14H15F4N3. The highest BCUT2D eigenvalue weighted by molar-refractivity contribution is 5.50. The van der Waals surface area contributed by atoms with Crippen LogP contribution in [0.15, 0.2) is 6.07 Å². The molecule has 0 fully saturated rings. The number of halogens is 4. The van der Waals surface area contributed by atoms with Crippen LogP contribution in [0.1, 0.15) is 29.9 Å². The van der Waals surface area contributed by atoms with Crippen LogP contribution >= 0.6 is 0 Å². The van der Waals surface area contributed by atoms with E-state index >= 15 is 0 Å². The van der Waals surface area contributed by atoms with Crippen molar-refractivity contribution >= 4 is 5.69 Å². The largest absolute Gasteiger partial charge is 0.373 e. The Morgan fingerprint density at radius 1 is 1.10 bits per heavy atom. The minimum absolute atomic E-state index is 0.182. The molecule has 1 unspecified atom stereocenters. The quantitative estimate of drug-likeness (QED) is 0.691. The minimum atomic E-state index is -1.44. The predicted molar refractivity (Wildman–Crippen MR) is 71.0 cm³/mol. The number of nitrogens with zero attached hydrogens (tertiary/aromatic N) is 2. The normalized spacial score (nSPS) is 12.6. The maximum atomic E-state index is 13.7. The summed E-state index contributed by atoms with van der Waals surface area (Å²) in [7, 11) is 1.74. The molecule has 0 spiro atoms. The smallest absolute Gasteiger partial charge is 0.185 e. The Kier molecular flexibility index (Phi) is 3.93. The summed E-state index contributed by atoms with van der Waals surface area (Å²) in [6, 6.07) is -0.384. The number of benzene rings is 1. The topological polar surface area (TPSA) is 29.9 Å². The van der Waals surface area contributed by atoms with E-state index in [2.05, 4.69) is 10.4 Å². The monoisotopic (exact) mass is 301 g/mol. The molecule has 0 saturated heterocycles. The fourth-order valence-electron chi connectivity index (χ4n) is 2.41. The molecule has 21 heavy (non-hydrogen) atoms. The zero-order valence-electron chi connectivity index (χ0n) is 12.1. The molecule has 1 atom stereocenters. The standard InChI is InChI=1S/C14H15F4N3/c1-6(11-7(2)20-21(4)8(11)3)19-14-12(17)9(15)5-10(16)13(14)18/h5-6,19H,1-4H3. The van der Waals surface area contributed by atoms with Crippen molar-refractivity contribution in [1.29, 1.82) is 0 Å². The molecular weight excluding hydrogens is 286 g/mol. The highest BCUT2D eigenvalue weighted by Crippen LogP contribution is 2.30. The van der Waals surface area contributed by atoms with Gasteiger partial charge < -0.3 is 5.32 Å². The van der Waals surface area contributed by atoms with Gasteiger partial charge >= 0.3 is 0 Å². The summed E-state index contributed by atoms with van der Waals surface area (Å²) < 4.78 is 55.3. The lowest BCUT2D eigenvalue weighted by molar-refractivity contribution is 0.457. The molecule has 1 N–H and O–H groups in total. The summed E-state index contributed by atoms with van der Waals surface area (Å²) >= 11 is 0. The van der Waals surface area contributed by atoms with Crippen molar-refractivity contribution in [3.63, 3.8) is 0 Å². The van der Waals surface area contributed by atoms with Crippen LogP contribution in [0.4, 0.5) is 23.2 Å². The van der Waals surface area contributed by atoms with Gasteiger partial charge in [-0.1, -0.05) is 0 Å². The number of hydrogen-bond donors (Lipinski definition) is 1. The van der Waals surface area contributed by atoms with Crippen molar-refractivity contribution in [2.45, 2.75) is 26.8 Å². The van der Waals surface area contributed by atoms with Gasteiger partial charge in [-0.2, -0.15) is 5.10 Å². The average Bonchev–Trinajstić information content (AvgIpc) is 2.66. The van der Waals surface area contributed by atoms with Crippen LogP contribution in [0.25, 0.3) is 0 Å². The second-order valence-electron chi connectivity index (χ2n) is 4.92. The van der Waals surface area contributed by atoms with Gasteiger partial charge in [0.25, 0.3) is 0 Å². The third-order valence-electron chi connectivity index (χ3n) is 3.47. The number of hydrogen-bond acceptors (Lipinski definition) is 2. The van der Waals surface area contributed by atoms with Gasteiger partial charge in [0.05, 0.1) is 11.7 Å². The SMILES string of the molecule is Cc1nn(C)c(C)c1C(C)Nc1c(F)c(F)cc(F)c1F. The van der Waals surface area contributed by atoms with E-state index in [1.54, 1.807) is 32.5 Å². The maximum absolute atomic E-state index is 13.7. The van der Waals surface area contributed by atoms with Gasteiger partial charge in [-0.3, -0.25) is 4.68 Å². The van der Waals surface area contributed by atoms with Crippen molar-refractivity contribution in [2.24, 2.45) is 7.05 Å². The molecule has 2 aromatic rings. The maximum Gasteiger partial charge on any atom is 0.185 e. The zero-order valence-corrected chi connectivity index (χ0v) is 12.1. The molecule has 0 aliphatic heterocycles. The third-order valence-corrected chi connectivity index (χ3v) is 3.47. The summed E-state index contributed by atoms with van der Waals surface area (Å²) in [5.74, 6) is -5.77. The Morgan fingerprint density at radius 3 is 2.05 bits per heavy atom. The van der Waals surface area contributed by atoms with Crippen molar-refractivity contribution in [3.05, 3.63) is 46.3 Å². The Hall–Kier alpha value is -2.05. The summed E-state index contributed by atoms with van der Waals surface area (Å²) in [6.07, 6.45) is 0. The number of aromatic nitrogens is 2. The Labute approximate surface area is 119 Å². The van der Waals surface area contributed by atoms with Gasteiger partial charge in [0, 0.05) is 24.4 Å². The van der Waals surface area contributed by atoms with E-state index in [-0.39, 0.29) is 6.07 Å². The van der Waals surface area contributed by atoms with Gasteiger partial charge in [0.15, 0.2) is 23.3 Å². The van der Waals surface area contributed by atoms with E-state index in [0.29, 0.717) is 5.69 Å². The second kappa shape index (κ2) is 5.38. The molecule has 3 nitrogen and oxygen atoms in total. The van der Waals surface area contributed by atoms with Crippen LogP contribution in [0.5, 0.6) is 0 Å². The van der Waals surface area contributed by atoms with Crippen molar-refractivity contribution < 1.29 is 17.6 Å². The van der Waals surface area contributed by atoms with Crippen molar-refractivity contribution in [3.8, 4) is 0 Å². The number of rotatable bonds is 3. The lowest BCUT2D eigenvalue weighted by Gasteiger charge is -2.17. The highest BCUT2D eigenvalue weighted by atomic mass is 19.2. The first kappa shape index (κ1) is 15.3. The van der Waals surface area contributed by atoms with E-state index in [1.807, 2.05) is 0 Å². The van der Waals surface area contributed by atoms with E-state index in [4.69, 9.17) is 0 Å². The van der Waals surface area contributed by atoms with Crippen LogP contribution in [-0.2, 0) is 7.05 Å². The van der Waals surface area contributed by atoms with Gasteiger partial charge in [-0.15, -0.1) is 0 Å². The third kappa shape index (κ3) is 2.59. The van der Waals surface area contributed by atoms with Gasteiger partial charge in [-0.05, 0) is 20.8 Å². The number of anilines is 1. The average molecular weight is 301 g/mol. The minimum Gasteiger partial charge on any atom is -0.373 e. The van der Waals surface area contributed by atoms with Crippen molar-refractivity contribution in [2.75, 3.05) is 5.32 Å². The molecule has 1 aromatic heterocycles. The molecule has 0 amide bonds. The van der Waals surface area contributed by atoms with Gasteiger partial charge in [-0.25, -0.2) is 17.6 Å². The summed E-state index contributed by atoms with van der Waals surface area (Å²) in [5.41, 5.74) is 1.38. The summed E-state index contributed by atoms with van der Waals surface area (Å²) in [6.45, 7) is 5.18. The van der Waals surface area contributed by atoms with Crippen LogP contribution in [0.2, 0.25) is 0 Å². The van der Waals surface area contributed by atoms with Gasteiger partial charge in [0.2, 0.25) is 0 Å². The van der Waals surface area contributed by atoms with Crippen LogP contribution in [0.3, 0.4) is 0 Å². The Balaban J connectivity index is 2.43. The summed E-state index contributed by atoms with van der Waals surface area (Å²) in [4.78, 5) is 0. The van der Waals surface area contributed by atoms with Crippen LogP contribution < -0.4 is 5.32 Å². The molecule has 114 valence electrons. The molecule has 0 bridgehead atoms. The van der Waals surface area contributed by atoms with E-state index in [9.17, 15) is 17.6 Å². The van der Waals surface area contributed by atoms with Crippen LogP contribution in [0, 0.1) is 37.1 Å². The van der Waals surface area contributed by atoms with E-state index in [0.717, 1.165) is 11.3 Å². The molecule has 7 heteroatoms. The molecule has 0 aliphatic carbocycles. The first-order chi connectivity index (χ1) is 9.73. The van der Waals surface area contributed by atoms with E-state index in [1.165, 1.54) is 0 Å². The second-order valence-corrected chi connectivity index (χ2v) is 4.92. The molecule has 1 aromatic carbocycles. The fourth-order valence-corrected chi connectivity index (χ4v) is 2.41. The predicted octanol–water partition coefficient (Wildman–Crippen LogP) is 3.77. The first-order valence-electron chi connectivity index (χ1n) is 6.33. The molecule has 1 heterocycles. The number of nitrogens with one attached hydrogen (secondary N) is 1. The fraction of sp³-hybridized carbons (Fsp3) is 0.357. The Morgan fingerprint density at radius 2 is 1.62 bits per heavy atom. The highest BCUT2D eigenvalue weighted by Gasteiger charge is 2.23. The summed E-state index contributed by atoms with van der Waals surface area (Å²) in [5, 5.41) is 6.68. The molecule has 0 saturated carbocycles. The van der Waals surface area contributed by atoms with Gasteiger partial charge in [0.1, 0.15) is 5.69 Å². The number of aryl methyl sites for hydroxylation is 2. The lowest BCUT2D eigenvalue weighted by atomic mass is 10.1. The first-order valence-corrected chi connectivity index (χ1v) is 6.33. The zero-order chi connectivity index (χ0) is 15.9.